The first-order valence-corrected chi connectivity index (χ1v) is 6.14. The van der Waals surface area contributed by atoms with Crippen molar-refractivity contribution in [1.29, 1.82) is 0 Å². The summed E-state index contributed by atoms with van der Waals surface area (Å²) in [6.07, 6.45) is 3.76. The Labute approximate surface area is 93.7 Å². The molecule has 0 unspecified atom stereocenters. The molecule has 1 aromatic heterocycles. The number of carboxylic acid groups (broad SMARTS) is 1. The lowest BCUT2D eigenvalue weighted by molar-refractivity contribution is 0.0696. The van der Waals surface area contributed by atoms with Crippen LogP contribution in [0, 0.1) is 0 Å². The Morgan fingerprint density at radius 2 is 2.40 bits per heavy atom. The van der Waals surface area contributed by atoms with Crippen LogP contribution in [0.3, 0.4) is 0 Å². The molecule has 84 valence electrons. The number of hydrogen-bond acceptors (Lipinski definition) is 3. The van der Waals surface area contributed by atoms with Crippen LogP contribution in [0.2, 0.25) is 0 Å². The largest absolute Gasteiger partial charge is 0.478 e. The molecule has 5 heteroatoms. The van der Waals surface area contributed by atoms with Gasteiger partial charge in [-0.2, -0.15) is 16.9 Å². The molecular weight excluding hydrogens is 212 g/mol. The Morgan fingerprint density at radius 1 is 1.67 bits per heavy atom. The summed E-state index contributed by atoms with van der Waals surface area (Å²) in [6, 6.07) is 0. The van der Waals surface area contributed by atoms with Crippen LogP contribution >= 0.6 is 11.8 Å². The lowest BCUT2D eigenvalue weighted by Gasteiger charge is -2.03. The summed E-state index contributed by atoms with van der Waals surface area (Å²) in [5.41, 5.74) is 1.12. The van der Waals surface area contributed by atoms with E-state index >= 15 is 0 Å². The minimum Gasteiger partial charge on any atom is -0.478 e. The van der Waals surface area contributed by atoms with Gasteiger partial charge in [-0.15, -0.1) is 0 Å². The van der Waals surface area contributed by atoms with Crippen LogP contribution in [0.1, 0.15) is 35.8 Å². The van der Waals surface area contributed by atoms with Gasteiger partial charge >= 0.3 is 5.97 Å². The van der Waals surface area contributed by atoms with E-state index in [9.17, 15) is 4.79 Å². The van der Waals surface area contributed by atoms with Crippen LogP contribution in [0.15, 0.2) is 6.20 Å². The predicted molar refractivity (Wildman–Crippen MR) is 61.2 cm³/mol. The van der Waals surface area contributed by atoms with Crippen LogP contribution in [0.5, 0.6) is 0 Å². The van der Waals surface area contributed by atoms with Gasteiger partial charge in [-0.3, -0.25) is 4.68 Å². The van der Waals surface area contributed by atoms with Gasteiger partial charge < -0.3 is 5.11 Å². The van der Waals surface area contributed by atoms with Crippen molar-refractivity contribution in [3.63, 3.8) is 0 Å². The minimum absolute atomic E-state index is 0.321. The van der Waals surface area contributed by atoms with Gasteiger partial charge in [-0.05, 0) is 12.2 Å². The van der Waals surface area contributed by atoms with Gasteiger partial charge in [-0.25, -0.2) is 4.79 Å². The third-order valence-electron chi connectivity index (χ3n) is 2.17. The van der Waals surface area contributed by atoms with E-state index in [1.807, 2.05) is 0 Å². The Hall–Kier alpha value is -0.970. The maximum absolute atomic E-state index is 10.9. The van der Waals surface area contributed by atoms with E-state index < -0.39 is 5.97 Å². The maximum atomic E-state index is 10.9. The molecule has 0 aromatic carbocycles. The smallest absolute Gasteiger partial charge is 0.339 e. The zero-order valence-corrected chi connectivity index (χ0v) is 9.88. The number of carbonyl (C=O) groups is 1. The molecular formula is C10H16N2O2S. The van der Waals surface area contributed by atoms with Gasteiger partial charge in [0.15, 0.2) is 0 Å². The van der Waals surface area contributed by atoms with Gasteiger partial charge in [0.05, 0.1) is 11.9 Å². The predicted octanol–water partition coefficient (Wildman–Crippen LogP) is 2.15. The molecule has 4 nitrogen and oxygen atoms in total. The first-order valence-electron chi connectivity index (χ1n) is 4.98. The van der Waals surface area contributed by atoms with E-state index in [1.54, 1.807) is 23.5 Å². The molecule has 0 saturated heterocycles. The average Bonchev–Trinajstić information content (AvgIpc) is 2.55. The minimum atomic E-state index is -0.894. The highest BCUT2D eigenvalue weighted by molar-refractivity contribution is 7.98. The quantitative estimate of drug-likeness (QED) is 0.758. The van der Waals surface area contributed by atoms with Crippen molar-refractivity contribution in [2.75, 3.05) is 5.75 Å². The Kier molecular flexibility index (Phi) is 4.68. The van der Waals surface area contributed by atoms with Crippen LogP contribution < -0.4 is 0 Å². The lowest BCUT2D eigenvalue weighted by Crippen LogP contribution is -2.03. The lowest BCUT2D eigenvalue weighted by atomic mass is 10.3. The van der Waals surface area contributed by atoms with Gasteiger partial charge in [0, 0.05) is 12.8 Å². The summed E-state index contributed by atoms with van der Waals surface area (Å²) in [5, 5.41) is 12.9. The molecule has 0 amide bonds. The van der Waals surface area contributed by atoms with Crippen molar-refractivity contribution in [3.05, 3.63) is 17.5 Å². The average molecular weight is 228 g/mol. The fourth-order valence-electron chi connectivity index (χ4n) is 1.23. The fraction of sp³-hybridized carbons (Fsp3) is 0.600. The highest BCUT2D eigenvalue weighted by atomic mass is 32.2. The molecule has 1 rings (SSSR count). The Balaban J connectivity index is 2.58. The van der Waals surface area contributed by atoms with Crippen LogP contribution in [0.25, 0.3) is 0 Å². The number of unbranched alkanes of at least 4 members (excludes halogenated alkanes) is 1. The normalized spacial score (nSPS) is 10.5. The van der Waals surface area contributed by atoms with E-state index in [0.717, 1.165) is 17.2 Å². The number of rotatable bonds is 6. The molecule has 1 N–H and O–H groups in total. The van der Waals surface area contributed by atoms with Crippen molar-refractivity contribution in [1.82, 2.24) is 9.78 Å². The molecule has 0 saturated carbocycles. The molecule has 0 atom stereocenters. The van der Waals surface area contributed by atoms with Crippen molar-refractivity contribution in [2.24, 2.45) is 7.05 Å². The van der Waals surface area contributed by atoms with Gasteiger partial charge in [0.25, 0.3) is 0 Å². The second kappa shape index (κ2) is 5.80. The summed E-state index contributed by atoms with van der Waals surface area (Å²) in [5.74, 6) is 0.896. The number of aromatic nitrogens is 2. The first-order chi connectivity index (χ1) is 7.16. The van der Waals surface area contributed by atoms with Gasteiger partial charge in [0.1, 0.15) is 5.56 Å². The summed E-state index contributed by atoms with van der Waals surface area (Å²) < 4.78 is 1.64. The van der Waals surface area contributed by atoms with Crippen molar-refractivity contribution < 1.29 is 9.90 Å². The number of aromatic carboxylic acids is 1. The number of hydrogen-bond donors (Lipinski definition) is 1. The second-order valence-electron chi connectivity index (χ2n) is 3.34. The highest BCUT2D eigenvalue weighted by Gasteiger charge is 2.14. The first kappa shape index (κ1) is 12.1. The molecule has 0 aliphatic rings. The molecule has 0 bridgehead atoms. The molecule has 15 heavy (non-hydrogen) atoms. The number of carboxylic acids is 1. The maximum Gasteiger partial charge on any atom is 0.339 e. The second-order valence-corrected chi connectivity index (χ2v) is 4.45. The fourth-order valence-corrected chi connectivity index (χ4v) is 2.40. The molecule has 1 heterocycles. The SMILES string of the molecule is CCCCSCc1c(C(=O)O)cnn1C. The molecule has 0 fully saturated rings. The zero-order chi connectivity index (χ0) is 11.3. The van der Waals surface area contributed by atoms with E-state index in [-0.39, 0.29) is 0 Å². The number of nitrogens with zero attached hydrogens (tertiary/aromatic N) is 2. The number of aryl methyl sites for hydroxylation is 1. The summed E-state index contributed by atoms with van der Waals surface area (Å²) in [4.78, 5) is 10.9. The topological polar surface area (TPSA) is 55.1 Å². The van der Waals surface area contributed by atoms with Crippen LogP contribution in [-0.2, 0) is 12.8 Å². The molecule has 0 aliphatic carbocycles. The van der Waals surface area contributed by atoms with E-state index in [0.29, 0.717) is 5.56 Å². The zero-order valence-electron chi connectivity index (χ0n) is 9.06. The third kappa shape index (κ3) is 3.27. The van der Waals surface area contributed by atoms with Gasteiger partial charge in [0.2, 0.25) is 0 Å². The summed E-state index contributed by atoms with van der Waals surface area (Å²) >= 11 is 1.76. The Bertz CT molecular complexity index is 336. The summed E-state index contributed by atoms with van der Waals surface area (Å²) in [6.45, 7) is 2.15. The Morgan fingerprint density at radius 3 is 3.00 bits per heavy atom. The van der Waals surface area contributed by atoms with Crippen molar-refractivity contribution in [2.45, 2.75) is 25.5 Å². The highest BCUT2D eigenvalue weighted by Crippen LogP contribution is 2.17. The number of thioether (sulfide) groups is 1. The molecule has 0 aliphatic heterocycles. The molecule has 1 aromatic rings. The van der Waals surface area contributed by atoms with Crippen molar-refractivity contribution in [3.8, 4) is 0 Å². The van der Waals surface area contributed by atoms with E-state index in [4.69, 9.17) is 5.11 Å². The van der Waals surface area contributed by atoms with E-state index in [2.05, 4.69) is 12.0 Å². The van der Waals surface area contributed by atoms with Crippen LogP contribution in [0.4, 0.5) is 0 Å². The monoisotopic (exact) mass is 228 g/mol. The van der Waals surface area contributed by atoms with Crippen LogP contribution in [-0.4, -0.2) is 26.6 Å². The van der Waals surface area contributed by atoms with E-state index in [1.165, 1.54) is 19.0 Å². The third-order valence-corrected chi connectivity index (χ3v) is 3.23. The molecule has 0 spiro atoms. The summed E-state index contributed by atoms with van der Waals surface area (Å²) in [7, 11) is 1.78. The van der Waals surface area contributed by atoms with Crippen molar-refractivity contribution >= 4 is 17.7 Å². The van der Waals surface area contributed by atoms with Gasteiger partial charge in [-0.1, -0.05) is 13.3 Å². The standard InChI is InChI=1S/C10H16N2O2S/c1-3-4-5-15-7-9-8(10(13)14)6-11-12(9)2/h6H,3-5,7H2,1-2H3,(H,13,14). The molecule has 0 radical (unpaired) electrons.